The smallest absolute Gasteiger partial charge is 0.226 e. The molecular weight excluding hydrogens is 398 g/mol. The summed E-state index contributed by atoms with van der Waals surface area (Å²) in [6.45, 7) is 2.47. The van der Waals surface area contributed by atoms with Crippen molar-refractivity contribution in [3.05, 3.63) is 46.8 Å². The first-order valence-corrected chi connectivity index (χ1v) is 10.9. The number of aromatic nitrogens is 5. The van der Waals surface area contributed by atoms with Crippen molar-refractivity contribution in [2.45, 2.75) is 62.6 Å². The van der Waals surface area contributed by atoms with Crippen molar-refractivity contribution in [1.82, 2.24) is 24.9 Å². The van der Waals surface area contributed by atoms with Crippen LogP contribution in [0, 0.1) is 0 Å². The van der Waals surface area contributed by atoms with E-state index >= 15 is 0 Å². The first-order valence-electron chi connectivity index (χ1n) is 9.50. The van der Waals surface area contributed by atoms with Gasteiger partial charge in [0, 0.05) is 12.5 Å². The van der Waals surface area contributed by atoms with E-state index in [0.717, 1.165) is 43.1 Å². The molecule has 0 aliphatic heterocycles. The molecular formula is C19H22ClN5O2S. The van der Waals surface area contributed by atoms with Crippen LogP contribution in [0.15, 0.2) is 33.9 Å². The Morgan fingerprint density at radius 1 is 1.29 bits per heavy atom. The molecule has 1 fully saturated rings. The molecule has 1 aromatic carbocycles. The Morgan fingerprint density at radius 3 is 2.93 bits per heavy atom. The standard InChI is InChI=1S/C19H22ClN5O2S/c1-2-3-8-18-21-16(24-27-18)12-28-19-23-22-17(25(19)13-9-10-13)11-26-15-7-5-4-6-14(15)20/h4-7,13H,2-3,8-12H2,1H3. The monoisotopic (exact) mass is 419 g/mol. The van der Waals surface area contributed by atoms with Crippen molar-refractivity contribution < 1.29 is 9.26 Å². The van der Waals surface area contributed by atoms with Gasteiger partial charge in [0.2, 0.25) is 5.89 Å². The first-order chi connectivity index (χ1) is 13.7. The van der Waals surface area contributed by atoms with Gasteiger partial charge < -0.3 is 9.26 Å². The largest absolute Gasteiger partial charge is 0.484 e. The Labute approximate surface area is 172 Å². The van der Waals surface area contributed by atoms with Crippen LogP contribution in [-0.2, 0) is 18.8 Å². The molecule has 3 aromatic rings. The average Bonchev–Trinajstić information content (AvgIpc) is 3.30. The predicted octanol–water partition coefficient (Wildman–Crippen LogP) is 4.86. The minimum Gasteiger partial charge on any atom is -0.484 e. The van der Waals surface area contributed by atoms with Gasteiger partial charge in [-0.05, 0) is 31.4 Å². The number of unbranched alkanes of at least 4 members (excludes halogenated alkanes) is 1. The third kappa shape index (κ3) is 4.67. The van der Waals surface area contributed by atoms with Crippen LogP contribution >= 0.6 is 23.4 Å². The molecule has 0 N–H and O–H groups in total. The van der Waals surface area contributed by atoms with Crippen molar-refractivity contribution >= 4 is 23.4 Å². The van der Waals surface area contributed by atoms with E-state index < -0.39 is 0 Å². The maximum absolute atomic E-state index is 6.17. The molecule has 0 radical (unpaired) electrons. The summed E-state index contributed by atoms with van der Waals surface area (Å²) in [5, 5.41) is 14.2. The van der Waals surface area contributed by atoms with Crippen LogP contribution in [0.4, 0.5) is 0 Å². The van der Waals surface area contributed by atoms with Gasteiger partial charge in [-0.1, -0.05) is 54.0 Å². The molecule has 1 saturated carbocycles. The lowest BCUT2D eigenvalue weighted by atomic mass is 10.2. The average molecular weight is 420 g/mol. The van der Waals surface area contributed by atoms with Gasteiger partial charge >= 0.3 is 0 Å². The second-order valence-corrected chi connectivity index (χ2v) is 8.07. The fourth-order valence-corrected chi connectivity index (χ4v) is 3.87. The normalized spacial score (nSPS) is 13.8. The second-order valence-electron chi connectivity index (χ2n) is 6.72. The Kier molecular flexibility index (Phi) is 6.17. The number of aryl methyl sites for hydroxylation is 1. The lowest BCUT2D eigenvalue weighted by Gasteiger charge is -2.10. The van der Waals surface area contributed by atoms with Gasteiger partial charge in [0.15, 0.2) is 16.8 Å². The highest BCUT2D eigenvalue weighted by Gasteiger charge is 2.30. The Balaban J connectivity index is 1.40. The quantitative estimate of drug-likeness (QED) is 0.434. The van der Waals surface area contributed by atoms with E-state index in [2.05, 4.69) is 31.8 Å². The summed E-state index contributed by atoms with van der Waals surface area (Å²) >= 11 is 7.74. The number of ether oxygens (including phenoxy) is 1. The van der Waals surface area contributed by atoms with Gasteiger partial charge in [0.1, 0.15) is 12.4 Å². The van der Waals surface area contributed by atoms with Crippen LogP contribution in [0.25, 0.3) is 0 Å². The fourth-order valence-electron chi connectivity index (χ4n) is 2.82. The molecule has 0 unspecified atom stereocenters. The minimum absolute atomic E-state index is 0.331. The second kappa shape index (κ2) is 8.96. The first kappa shape index (κ1) is 19.3. The van der Waals surface area contributed by atoms with Crippen molar-refractivity contribution in [1.29, 1.82) is 0 Å². The molecule has 0 saturated heterocycles. The van der Waals surface area contributed by atoms with Crippen LogP contribution in [0.3, 0.4) is 0 Å². The molecule has 1 aliphatic rings. The molecule has 28 heavy (non-hydrogen) atoms. The summed E-state index contributed by atoms with van der Waals surface area (Å²) in [4.78, 5) is 4.45. The van der Waals surface area contributed by atoms with Crippen LogP contribution < -0.4 is 4.74 Å². The van der Waals surface area contributed by atoms with E-state index in [-0.39, 0.29) is 0 Å². The highest BCUT2D eigenvalue weighted by atomic mass is 35.5. The summed E-state index contributed by atoms with van der Waals surface area (Å²) in [6, 6.07) is 7.87. The van der Waals surface area contributed by atoms with Crippen molar-refractivity contribution in [3.63, 3.8) is 0 Å². The third-order valence-corrected chi connectivity index (χ3v) is 5.68. The molecule has 9 heteroatoms. The topological polar surface area (TPSA) is 78.9 Å². The SMILES string of the molecule is CCCCc1nc(CSc2nnc(COc3ccccc3Cl)n2C2CC2)no1. The zero-order valence-electron chi connectivity index (χ0n) is 15.7. The number of hydrogen-bond donors (Lipinski definition) is 0. The lowest BCUT2D eigenvalue weighted by Crippen LogP contribution is -2.07. The van der Waals surface area contributed by atoms with Crippen molar-refractivity contribution in [2.24, 2.45) is 0 Å². The number of para-hydroxylation sites is 1. The summed E-state index contributed by atoms with van der Waals surface area (Å²) < 4.78 is 13.3. The van der Waals surface area contributed by atoms with Gasteiger partial charge in [0.25, 0.3) is 0 Å². The summed E-state index contributed by atoms with van der Waals surface area (Å²) in [5.41, 5.74) is 0. The van der Waals surface area contributed by atoms with E-state index in [1.165, 1.54) is 0 Å². The molecule has 4 rings (SSSR count). The summed E-state index contributed by atoms with van der Waals surface area (Å²) in [6.07, 6.45) is 5.26. The van der Waals surface area contributed by atoms with Gasteiger partial charge in [-0.3, -0.25) is 4.57 Å². The molecule has 0 spiro atoms. The number of hydrogen-bond acceptors (Lipinski definition) is 7. The van der Waals surface area contributed by atoms with Gasteiger partial charge in [-0.2, -0.15) is 4.98 Å². The molecule has 0 amide bonds. The molecule has 0 atom stereocenters. The Bertz CT molecular complexity index is 925. The van der Waals surface area contributed by atoms with Crippen LogP contribution in [0.2, 0.25) is 5.02 Å². The van der Waals surface area contributed by atoms with Crippen LogP contribution in [-0.4, -0.2) is 24.9 Å². The minimum atomic E-state index is 0.331. The molecule has 0 bridgehead atoms. The van der Waals surface area contributed by atoms with E-state index in [1.807, 2.05) is 24.3 Å². The van der Waals surface area contributed by atoms with E-state index in [1.54, 1.807) is 11.8 Å². The zero-order valence-corrected chi connectivity index (χ0v) is 17.2. The summed E-state index contributed by atoms with van der Waals surface area (Å²) in [7, 11) is 0. The molecule has 2 aromatic heterocycles. The molecule has 148 valence electrons. The van der Waals surface area contributed by atoms with E-state index in [9.17, 15) is 0 Å². The molecule has 2 heterocycles. The zero-order chi connectivity index (χ0) is 19.3. The maximum Gasteiger partial charge on any atom is 0.226 e. The number of thioether (sulfide) groups is 1. The maximum atomic E-state index is 6.17. The summed E-state index contributed by atoms with van der Waals surface area (Å²) in [5.74, 6) is 3.45. The number of halogens is 1. The number of benzene rings is 1. The van der Waals surface area contributed by atoms with Gasteiger partial charge in [0.05, 0.1) is 10.8 Å². The number of rotatable bonds is 10. The number of nitrogens with zero attached hydrogens (tertiary/aromatic N) is 5. The van der Waals surface area contributed by atoms with E-state index in [4.69, 9.17) is 20.9 Å². The predicted molar refractivity (Wildman–Crippen MR) is 107 cm³/mol. The van der Waals surface area contributed by atoms with Crippen LogP contribution in [0.5, 0.6) is 5.75 Å². The fraction of sp³-hybridized carbons (Fsp3) is 0.474. The highest BCUT2D eigenvalue weighted by molar-refractivity contribution is 7.98. The van der Waals surface area contributed by atoms with E-state index in [0.29, 0.717) is 40.9 Å². The third-order valence-electron chi connectivity index (χ3n) is 4.43. The lowest BCUT2D eigenvalue weighted by molar-refractivity contribution is 0.288. The Hall–Kier alpha value is -2.06. The highest BCUT2D eigenvalue weighted by Crippen LogP contribution is 2.39. The molecule has 1 aliphatic carbocycles. The van der Waals surface area contributed by atoms with Crippen molar-refractivity contribution in [3.8, 4) is 5.75 Å². The van der Waals surface area contributed by atoms with Gasteiger partial charge in [-0.15, -0.1) is 10.2 Å². The van der Waals surface area contributed by atoms with Crippen LogP contribution in [0.1, 0.15) is 56.2 Å². The van der Waals surface area contributed by atoms with Crippen molar-refractivity contribution in [2.75, 3.05) is 0 Å². The Morgan fingerprint density at radius 2 is 2.14 bits per heavy atom. The molecule has 7 nitrogen and oxygen atoms in total. The van der Waals surface area contributed by atoms with Gasteiger partial charge in [-0.25, -0.2) is 0 Å².